The Morgan fingerprint density at radius 2 is 2.05 bits per heavy atom. The van der Waals surface area contributed by atoms with Gasteiger partial charge in [-0.15, -0.1) is 0 Å². The van der Waals surface area contributed by atoms with Crippen LogP contribution < -0.4 is 10.6 Å². The van der Waals surface area contributed by atoms with Gasteiger partial charge < -0.3 is 10.6 Å². The Bertz CT molecular complexity index is 550. The molecule has 1 aromatic carbocycles. The second kappa shape index (κ2) is 6.29. The number of benzene rings is 1. The SMILES string of the molecule is CCCCCNC(=O)Cc1ccc2c(c1)C(C)(C)C(=O)N2. The zero-order chi connectivity index (χ0) is 15.5. The largest absolute Gasteiger partial charge is 0.356 e. The van der Waals surface area contributed by atoms with Crippen molar-refractivity contribution in [2.45, 2.75) is 51.9 Å². The lowest BCUT2D eigenvalue weighted by molar-refractivity contribution is -0.120. The second-order valence-corrected chi connectivity index (χ2v) is 6.19. The molecular formula is C17H24N2O2. The number of amides is 2. The van der Waals surface area contributed by atoms with Gasteiger partial charge in [0.2, 0.25) is 11.8 Å². The standard InChI is InChI=1S/C17H24N2O2/c1-4-5-6-9-18-15(20)11-12-7-8-14-13(10-12)17(2,3)16(21)19-14/h7-8,10H,4-6,9,11H2,1-3H3,(H,18,20)(H,19,21). The summed E-state index contributed by atoms with van der Waals surface area (Å²) in [7, 11) is 0. The van der Waals surface area contributed by atoms with E-state index in [1.54, 1.807) is 0 Å². The highest BCUT2D eigenvalue weighted by Gasteiger charge is 2.38. The summed E-state index contributed by atoms with van der Waals surface area (Å²) in [5.41, 5.74) is 2.26. The van der Waals surface area contributed by atoms with Crippen molar-refractivity contribution in [3.8, 4) is 0 Å². The zero-order valence-electron chi connectivity index (χ0n) is 13.1. The summed E-state index contributed by atoms with van der Waals surface area (Å²) in [6.07, 6.45) is 3.68. The Kier molecular flexibility index (Phi) is 4.66. The molecule has 0 aliphatic carbocycles. The van der Waals surface area contributed by atoms with Crippen molar-refractivity contribution in [3.63, 3.8) is 0 Å². The van der Waals surface area contributed by atoms with E-state index < -0.39 is 5.41 Å². The number of anilines is 1. The van der Waals surface area contributed by atoms with Gasteiger partial charge in [-0.05, 0) is 37.5 Å². The van der Waals surface area contributed by atoms with Gasteiger partial charge in [-0.25, -0.2) is 0 Å². The Hall–Kier alpha value is -1.84. The topological polar surface area (TPSA) is 58.2 Å². The van der Waals surface area contributed by atoms with E-state index in [9.17, 15) is 9.59 Å². The predicted octanol–water partition coefficient (Wildman–Crippen LogP) is 2.77. The molecule has 1 aromatic rings. The lowest BCUT2D eigenvalue weighted by Crippen LogP contribution is -2.27. The summed E-state index contributed by atoms with van der Waals surface area (Å²) in [6.45, 7) is 6.69. The van der Waals surface area contributed by atoms with Crippen LogP contribution in [0, 0.1) is 0 Å². The van der Waals surface area contributed by atoms with Crippen molar-refractivity contribution in [1.29, 1.82) is 0 Å². The highest BCUT2D eigenvalue weighted by molar-refractivity contribution is 6.05. The third kappa shape index (κ3) is 3.43. The van der Waals surface area contributed by atoms with Crippen LogP contribution in [0.3, 0.4) is 0 Å². The molecule has 1 aliphatic rings. The maximum absolute atomic E-state index is 11.9. The molecule has 4 heteroatoms. The minimum absolute atomic E-state index is 0.0127. The molecule has 2 N–H and O–H groups in total. The summed E-state index contributed by atoms with van der Waals surface area (Å²) in [5.74, 6) is 0.0554. The third-order valence-electron chi connectivity index (χ3n) is 4.04. The van der Waals surface area contributed by atoms with Gasteiger partial charge in [0.1, 0.15) is 0 Å². The summed E-state index contributed by atoms with van der Waals surface area (Å²) >= 11 is 0. The van der Waals surface area contributed by atoms with E-state index in [0.717, 1.165) is 42.6 Å². The number of hydrogen-bond donors (Lipinski definition) is 2. The fraction of sp³-hybridized carbons (Fsp3) is 0.529. The molecule has 0 atom stereocenters. The fourth-order valence-electron chi connectivity index (χ4n) is 2.58. The van der Waals surface area contributed by atoms with Crippen molar-refractivity contribution in [1.82, 2.24) is 5.32 Å². The molecule has 0 saturated carbocycles. The third-order valence-corrected chi connectivity index (χ3v) is 4.04. The molecule has 2 rings (SSSR count). The number of hydrogen-bond acceptors (Lipinski definition) is 2. The van der Waals surface area contributed by atoms with E-state index in [1.165, 1.54) is 0 Å². The van der Waals surface area contributed by atoms with Crippen molar-refractivity contribution < 1.29 is 9.59 Å². The molecule has 0 radical (unpaired) electrons. The molecular weight excluding hydrogens is 264 g/mol. The number of carbonyl (C=O) groups excluding carboxylic acids is 2. The zero-order valence-corrected chi connectivity index (χ0v) is 13.1. The number of fused-ring (bicyclic) bond motifs is 1. The van der Waals surface area contributed by atoms with Crippen LogP contribution in [0.5, 0.6) is 0 Å². The van der Waals surface area contributed by atoms with Gasteiger partial charge in [-0.1, -0.05) is 31.9 Å². The number of unbranched alkanes of at least 4 members (excludes halogenated alkanes) is 2. The lowest BCUT2D eigenvalue weighted by Gasteiger charge is -2.15. The molecule has 21 heavy (non-hydrogen) atoms. The first-order chi connectivity index (χ1) is 9.95. The van der Waals surface area contributed by atoms with Crippen LogP contribution in [-0.4, -0.2) is 18.4 Å². The molecule has 1 aliphatic heterocycles. The van der Waals surface area contributed by atoms with E-state index in [-0.39, 0.29) is 11.8 Å². The van der Waals surface area contributed by atoms with Gasteiger partial charge in [-0.2, -0.15) is 0 Å². The Morgan fingerprint density at radius 1 is 1.29 bits per heavy atom. The first kappa shape index (κ1) is 15.5. The molecule has 0 aromatic heterocycles. The first-order valence-corrected chi connectivity index (χ1v) is 7.66. The molecule has 0 unspecified atom stereocenters. The van der Waals surface area contributed by atoms with Crippen LogP contribution in [0.25, 0.3) is 0 Å². The Labute approximate surface area is 126 Å². The van der Waals surface area contributed by atoms with Crippen LogP contribution in [0.1, 0.15) is 51.2 Å². The van der Waals surface area contributed by atoms with Gasteiger partial charge in [0.05, 0.1) is 11.8 Å². The maximum atomic E-state index is 11.9. The first-order valence-electron chi connectivity index (χ1n) is 7.66. The minimum Gasteiger partial charge on any atom is -0.356 e. The van der Waals surface area contributed by atoms with Gasteiger partial charge >= 0.3 is 0 Å². The van der Waals surface area contributed by atoms with Crippen molar-refractivity contribution in [2.24, 2.45) is 0 Å². The Morgan fingerprint density at radius 3 is 2.76 bits per heavy atom. The van der Waals surface area contributed by atoms with Crippen LogP contribution in [0.4, 0.5) is 5.69 Å². The summed E-state index contributed by atoms with van der Waals surface area (Å²) in [4.78, 5) is 23.8. The predicted molar refractivity (Wildman–Crippen MR) is 84.3 cm³/mol. The molecule has 0 spiro atoms. The van der Waals surface area contributed by atoms with Crippen LogP contribution in [0.15, 0.2) is 18.2 Å². The average Bonchev–Trinajstić information content (AvgIpc) is 2.66. The normalized spacial score (nSPS) is 15.5. The van der Waals surface area contributed by atoms with Crippen LogP contribution in [-0.2, 0) is 21.4 Å². The monoisotopic (exact) mass is 288 g/mol. The van der Waals surface area contributed by atoms with Gasteiger partial charge in [-0.3, -0.25) is 9.59 Å². The number of rotatable bonds is 6. The highest BCUT2D eigenvalue weighted by Crippen LogP contribution is 2.37. The van der Waals surface area contributed by atoms with Crippen molar-refractivity contribution >= 4 is 17.5 Å². The number of carbonyl (C=O) groups is 2. The lowest BCUT2D eigenvalue weighted by atomic mass is 9.85. The maximum Gasteiger partial charge on any atom is 0.234 e. The number of nitrogens with one attached hydrogen (secondary N) is 2. The average molecular weight is 288 g/mol. The summed E-state index contributed by atoms with van der Waals surface area (Å²) in [5, 5.41) is 5.82. The molecule has 2 amide bonds. The Balaban J connectivity index is 1.99. The molecule has 1 heterocycles. The summed E-state index contributed by atoms with van der Waals surface area (Å²) < 4.78 is 0. The molecule has 114 valence electrons. The molecule has 0 fully saturated rings. The van der Waals surface area contributed by atoms with E-state index in [2.05, 4.69) is 17.6 Å². The van der Waals surface area contributed by atoms with E-state index in [0.29, 0.717) is 6.42 Å². The molecule has 0 bridgehead atoms. The van der Waals surface area contributed by atoms with Gasteiger partial charge in [0, 0.05) is 12.2 Å². The quantitative estimate of drug-likeness (QED) is 0.791. The van der Waals surface area contributed by atoms with E-state index >= 15 is 0 Å². The van der Waals surface area contributed by atoms with Gasteiger partial charge in [0.15, 0.2) is 0 Å². The highest BCUT2D eigenvalue weighted by atomic mass is 16.2. The van der Waals surface area contributed by atoms with Crippen molar-refractivity contribution in [2.75, 3.05) is 11.9 Å². The fourth-order valence-corrected chi connectivity index (χ4v) is 2.58. The van der Waals surface area contributed by atoms with Crippen molar-refractivity contribution in [3.05, 3.63) is 29.3 Å². The van der Waals surface area contributed by atoms with E-state index in [1.807, 2.05) is 32.0 Å². The molecule has 0 saturated heterocycles. The second-order valence-electron chi connectivity index (χ2n) is 6.19. The van der Waals surface area contributed by atoms with Gasteiger partial charge in [0.25, 0.3) is 0 Å². The smallest absolute Gasteiger partial charge is 0.234 e. The van der Waals surface area contributed by atoms with Crippen LogP contribution in [0.2, 0.25) is 0 Å². The summed E-state index contributed by atoms with van der Waals surface area (Å²) in [6, 6.07) is 5.77. The van der Waals surface area contributed by atoms with E-state index in [4.69, 9.17) is 0 Å². The van der Waals surface area contributed by atoms with Crippen LogP contribution >= 0.6 is 0 Å². The minimum atomic E-state index is -0.525. The molecule has 4 nitrogen and oxygen atoms in total.